The Balaban J connectivity index is 1.41. The van der Waals surface area contributed by atoms with Gasteiger partial charge in [0, 0.05) is 22.8 Å². The molecular formula is C22H20FN3. The second-order valence-electron chi connectivity index (χ2n) is 6.38. The molecule has 4 rings (SSSR count). The van der Waals surface area contributed by atoms with Gasteiger partial charge in [-0.2, -0.15) is 0 Å². The van der Waals surface area contributed by atoms with Crippen molar-refractivity contribution >= 4 is 16.7 Å². The molecule has 2 aromatic heterocycles. The average Bonchev–Trinajstić information content (AvgIpc) is 3.11. The minimum absolute atomic E-state index is 0.203. The number of aromatic amines is 1. The molecule has 0 amide bonds. The van der Waals surface area contributed by atoms with E-state index in [0.29, 0.717) is 11.9 Å². The fourth-order valence-electron chi connectivity index (χ4n) is 3.12. The molecule has 0 aliphatic heterocycles. The summed E-state index contributed by atoms with van der Waals surface area (Å²) in [7, 11) is 0. The highest BCUT2D eigenvalue weighted by molar-refractivity contribution is 5.81. The summed E-state index contributed by atoms with van der Waals surface area (Å²) in [4.78, 5) is 7.62. The fraction of sp³-hybridized carbons (Fsp3) is 0.136. The highest BCUT2D eigenvalue weighted by Crippen LogP contribution is 2.19. The van der Waals surface area contributed by atoms with Crippen LogP contribution in [-0.2, 0) is 19.4 Å². The predicted octanol–water partition coefficient (Wildman–Crippen LogP) is 5.10. The normalized spacial score (nSPS) is 11.0. The lowest BCUT2D eigenvalue weighted by molar-refractivity contribution is 0.640. The molecule has 2 heterocycles. The van der Waals surface area contributed by atoms with E-state index in [-0.39, 0.29) is 5.82 Å². The largest absolute Gasteiger partial charge is 0.364 e. The molecule has 0 aliphatic rings. The monoisotopic (exact) mass is 345 g/mol. The van der Waals surface area contributed by atoms with Gasteiger partial charge >= 0.3 is 0 Å². The van der Waals surface area contributed by atoms with E-state index >= 15 is 0 Å². The van der Waals surface area contributed by atoms with Crippen LogP contribution < -0.4 is 5.32 Å². The van der Waals surface area contributed by atoms with Gasteiger partial charge in [0.1, 0.15) is 11.6 Å². The number of rotatable bonds is 6. The molecule has 2 aromatic carbocycles. The second-order valence-corrected chi connectivity index (χ2v) is 6.38. The van der Waals surface area contributed by atoms with Gasteiger partial charge in [0.25, 0.3) is 0 Å². The number of H-pyrrole nitrogens is 1. The maximum absolute atomic E-state index is 13.8. The lowest BCUT2D eigenvalue weighted by Crippen LogP contribution is -2.02. The summed E-state index contributed by atoms with van der Waals surface area (Å²) in [5.74, 6) is 0.626. The topological polar surface area (TPSA) is 40.7 Å². The van der Waals surface area contributed by atoms with Crippen LogP contribution in [0.2, 0.25) is 0 Å². The van der Waals surface area contributed by atoms with E-state index in [0.717, 1.165) is 29.9 Å². The van der Waals surface area contributed by atoms with Gasteiger partial charge in [-0.1, -0.05) is 36.4 Å². The number of pyridine rings is 1. The Morgan fingerprint density at radius 1 is 0.885 bits per heavy atom. The van der Waals surface area contributed by atoms with Crippen LogP contribution in [0.25, 0.3) is 10.9 Å². The quantitative estimate of drug-likeness (QED) is 0.510. The van der Waals surface area contributed by atoms with Crippen LogP contribution >= 0.6 is 0 Å². The molecule has 0 saturated carbocycles. The van der Waals surface area contributed by atoms with Crippen molar-refractivity contribution in [3.8, 4) is 0 Å². The number of hydrogen-bond acceptors (Lipinski definition) is 2. The van der Waals surface area contributed by atoms with Gasteiger partial charge in [0.05, 0.1) is 6.54 Å². The molecule has 0 atom stereocenters. The molecule has 130 valence electrons. The van der Waals surface area contributed by atoms with E-state index in [1.165, 1.54) is 17.2 Å². The molecular weight excluding hydrogens is 325 g/mol. The van der Waals surface area contributed by atoms with Gasteiger partial charge in [-0.15, -0.1) is 0 Å². The van der Waals surface area contributed by atoms with E-state index in [9.17, 15) is 4.39 Å². The summed E-state index contributed by atoms with van der Waals surface area (Å²) in [5, 5.41) is 3.93. The van der Waals surface area contributed by atoms with Gasteiger partial charge in [0.2, 0.25) is 0 Å². The number of benzene rings is 2. The zero-order valence-corrected chi connectivity index (χ0v) is 14.4. The number of nitrogens with zero attached hydrogens (tertiary/aromatic N) is 1. The van der Waals surface area contributed by atoms with Crippen LogP contribution in [0.4, 0.5) is 10.2 Å². The van der Waals surface area contributed by atoms with Crippen LogP contribution in [0.5, 0.6) is 0 Å². The Morgan fingerprint density at radius 3 is 2.58 bits per heavy atom. The smallest absolute Gasteiger partial charge is 0.132 e. The summed E-state index contributed by atoms with van der Waals surface area (Å²) in [6.07, 6.45) is 3.80. The van der Waals surface area contributed by atoms with Crippen molar-refractivity contribution in [3.05, 3.63) is 95.6 Å². The summed E-state index contributed by atoms with van der Waals surface area (Å²) in [5.41, 5.74) is 4.32. The fourth-order valence-corrected chi connectivity index (χ4v) is 3.12. The van der Waals surface area contributed by atoms with Crippen molar-refractivity contribution in [2.45, 2.75) is 19.4 Å². The van der Waals surface area contributed by atoms with E-state index in [1.807, 2.05) is 30.5 Å². The van der Waals surface area contributed by atoms with Crippen LogP contribution in [0.15, 0.2) is 72.9 Å². The number of fused-ring (bicyclic) bond motifs is 1. The minimum Gasteiger partial charge on any atom is -0.364 e. The van der Waals surface area contributed by atoms with Crippen LogP contribution in [0.3, 0.4) is 0 Å². The van der Waals surface area contributed by atoms with Crippen molar-refractivity contribution in [1.82, 2.24) is 9.97 Å². The van der Waals surface area contributed by atoms with Crippen LogP contribution in [0.1, 0.15) is 16.8 Å². The molecule has 0 radical (unpaired) electrons. The number of hydrogen-bond donors (Lipinski definition) is 2. The summed E-state index contributed by atoms with van der Waals surface area (Å²) >= 11 is 0. The average molecular weight is 345 g/mol. The summed E-state index contributed by atoms with van der Waals surface area (Å²) in [6, 6.07) is 21.5. The highest BCUT2D eigenvalue weighted by atomic mass is 19.1. The summed E-state index contributed by atoms with van der Waals surface area (Å²) in [6.45, 7) is 0.573. The Kier molecular flexibility index (Phi) is 4.65. The third kappa shape index (κ3) is 3.75. The molecule has 0 bridgehead atoms. The molecule has 2 N–H and O–H groups in total. The first kappa shape index (κ1) is 16.3. The van der Waals surface area contributed by atoms with Crippen molar-refractivity contribution in [2.24, 2.45) is 0 Å². The Morgan fingerprint density at radius 2 is 1.73 bits per heavy atom. The number of aromatic nitrogens is 2. The van der Waals surface area contributed by atoms with E-state index in [1.54, 1.807) is 6.07 Å². The van der Waals surface area contributed by atoms with Gasteiger partial charge in [-0.25, -0.2) is 9.37 Å². The zero-order chi connectivity index (χ0) is 17.8. The first-order valence-corrected chi connectivity index (χ1v) is 8.77. The Hall–Kier alpha value is -3.14. The van der Waals surface area contributed by atoms with Crippen molar-refractivity contribution in [2.75, 3.05) is 5.32 Å². The van der Waals surface area contributed by atoms with Gasteiger partial charge in [-0.05, 0) is 54.3 Å². The minimum atomic E-state index is -0.203. The third-order valence-electron chi connectivity index (χ3n) is 4.50. The standard InChI is InChI=1S/C22H20FN3/c23-20-7-4-8-21-19(20)14-18(26-21)15-25-22-13-17(11-12-24-22)10-9-16-5-2-1-3-6-16/h1-8,11-14,26H,9-10,15H2,(H,24,25). The predicted molar refractivity (Wildman–Crippen MR) is 104 cm³/mol. The molecule has 0 unspecified atom stereocenters. The maximum atomic E-state index is 13.8. The third-order valence-corrected chi connectivity index (χ3v) is 4.50. The first-order chi connectivity index (χ1) is 12.8. The molecule has 3 nitrogen and oxygen atoms in total. The van der Waals surface area contributed by atoms with Crippen LogP contribution in [-0.4, -0.2) is 9.97 Å². The van der Waals surface area contributed by atoms with Gasteiger partial charge < -0.3 is 10.3 Å². The van der Waals surface area contributed by atoms with E-state index < -0.39 is 0 Å². The SMILES string of the molecule is Fc1cccc2[nH]c(CNc3cc(CCc4ccccc4)ccn3)cc12. The first-order valence-electron chi connectivity index (χ1n) is 8.77. The molecule has 0 fully saturated rings. The molecule has 26 heavy (non-hydrogen) atoms. The second kappa shape index (κ2) is 7.40. The maximum Gasteiger partial charge on any atom is 0.132 e. The summed E-state index contributed by atoms with van der Waals surface area (Å²) < 4.78 is 13.8. The molecule has 4 heteroatoms. The van der Waals surface area contributed by atoms with E-state index in [4.69, 9.17) is 0 Å². The molecule has 4 aromatic rings. The van der Waals surface area contributed by atoms with Crippen molar-refractivity contribution in [1.29, 1.82) is 0 Å². The van der Waals surface area contributed by atoms with Crippen LogP contribution in [0, 0.1) is 5.82 Å². The molecule has 0 spiro atoms. The van der Waals surface area contributed by atoms with Crippen molar-refractivity contribution in [3.63, 3.8) is 0 Å². The number of anilines is 1. The lowest BCUT2D eigenvalue weighted by Gasteiger charge is -2.07. The van der Waals surface area contributed by atoms with Crippen molar-refractivity contribution < 1.29 is 4.39 Å². The van der Waals surface area contributed by atoms with Gasteiger partial charge in [0.15, 0.2) is 0 Å². The number of halogens is 1. The Bertz CT molecular complexity index is 1010. The molecule has 0 saturated heterocycles. The Labute approximate surface area is 151 Å². The zero-order valence-electron chi connectivity index (χ0n) is 14.4. The highest BCUT2D eigenvalue weighted by Gasteiger charge is 2.05. The lowest BCUT2D eigenvalue weighted by atomic mass is 10.1. The molecule has 0 aliphatic carbocycles. The number of aryl methyl sites for hydroxylation is 2. The number of nitrogens with one attached hydrogen (secondary N) is 2. The van der Waals surface area contributed by atoms with Gasteiger partial charge in [-0.3, -0.25) is 0 Å². The van der Waals surface area contributed by atoms with E-state index in [2.05, 4.69) is 45.6 Å².